The van der Waals surface area contributed by atoms with E-state index in [0.29, 0.717) is 11.6 Å². The second kappa shape index (κ2) is 10.2. The highest BCUT2D eigenvalue weighted by molar-refractivity contribution is 5.78. The molecule has 184 valence electrons. The maximum Gasteiger partial charge on any atom is 0.421 e. The maximum atomic E-state index is 5.95. The average molecular weight is 492 g/mol. The summed E-state index contributed by atoms with van der Waals surface area (Å²) in [5.41, 5.74) is 11.0. The predicted molar refractivity (Wildman–Crippen MR) is 144 cm³/mol. The first-order valence-electron chi connectivity index (χ1n) is 11.7. The lowest BCUT2D eigenvalue weighted by atomic mass is 10.1. The van der Waals surface area contributed by atoms with Gasteiger partial charge < -0.3 is 15.2 Å². The molecule has 0 saturated carbocycles. The molecule has 0 radical (unpaired) electrons. The Labute approximate surface area is 214 Å². The van der Waals surface area contributed by atoms with Gasteiger partial charge in [-0.3, -0.25) is 0 Å². The number of rotatable bonds is 7. The van der Waals surface area contributed by atoms with Crippen molar-refractivity contribution < 1.29 is 4.57 Å². The van der Waals surface area contributed by atoms with Crippen LogP contribution in [0.1, 0.15) is 0 Å². The first-order chi connectivity index (χ1) is 18.0. The van der Waals surface area contributed by atoms with Gasteiger partial charge in [0.2, 0.25) is 5.95 Å². The number of aromatic nitrogens is 4. The van der Waals surface area contributed by atoms with Crippen LogP contribution in [0.3, 0.4) is 0 Å². The summed E-state index contributed by atoms with van der Waals surface area (Å²) in [7, 11) is 5.75. The Bertz CT molecular complexity index is 1520. The summed E-state index contributed by atoms with van der Waals surface area (Å²) in [5, 5.41) is 17.3. The molecule has 5 aromatic rings. The lowest BCUT2D eigenvalue weighted by Gasteiger charge is -2.25. The van der Waals surface area contributed by atoms with Gasteiger partial charge in [0.1, 0.15) is 5.69 Å². The van der Waals surface area contributed by atoms with Crippen molar-refractivity contribution in [2.24, 2.45) is 41.6 Å². The molecule has 0 spiro atoms. The van der Waals surface area contributed by atoms with Gasteiger partial charge in [0, 0.05) is 47.3 Å². The number of aryl methyl sites for hydroxylation is 3. The standard InChI is InChI=1S/C27H27N10/c1-34-17-16-29-26(34)32-30-21-6-12-24(13-7-21)37(23-10-4-20(28)5-11-23)25-14-8-22(9-15-25)31-33-27-35(2)18-19-36(27)3/h4-19H,28H2,1-3H3/q+1/b32-30+. The van der Waals surface area contributed by atoms with Gasteiger partial charge in [0.05, 0.1) is 32.2 Å². The van der Waals surface area contributed by atoms with Crippen LogP contribution in [0.15, 0.2) is 118 Å². The molecule has 5 rings (SSSR count). The summed E-state index contributed by atoms with van der Waals surface area (Å²) in [6.07, 6.45) is 7.40. The summed E-state index contributed by atoms with van der Waals surface area (Å²) in [6, 6.07) is 23.6. The monoisotopic (exact) mass is 491 g/mol. The van der Waals surface area contributed by atoms with Crippen molar-refractivity contribution in [1.29, 1.82) is 0 Å². The predicted octanol–water partition coefficient (Wildman–Crippen LogP) is 6.47. The van der Waals surface area contributed by atoms with Crippen LogP contribution in [0.4, 0.5) is 46.0 Å². The highest BCUT2D eigenvalue weighted by atomic mass is 15.3. The third-order valence-electron chi connectivity index (χ3n) is 5.82. The van der Waals surface area contributed by atoms with Crippen molar-refractivity contribution >= 4 is 46.0 Å². The molecular formula is C27H27N10+. The number of nitrogens with two attached hydrogens (primary N) is 1. The fraction of sp³-hybridized carbons (Fsp3) is 0.111. The van der Waals surface area contributed by atoms with Gasteiger partial charge in [-0.2, -0.15) is 0 Å². The van der Waals surface area contributed by atoms with Crippen molar-refractivity contribution in [3.05, 3.63) is 97.6 Å². The molecule has 0 unspecified atom stereocenters. The minimum atomic E-state index is 0.547. The molecule has 2 aromatic heterocycles. The average Bonchev–Trinajstić information content (AvgIpc) is 3.47. The van der Waals surface area contributed by atoms with Crippen molar-refractivity contribution in [2.75, 3.05) is 10.6 Å². The van der Waals surface area contributed by atoms with E-state index < -0.39 is 0 Å². The van der Waals surface area contributed by atoms with E-state index in [4.69, 9.17) is 5.73 Å². The number of hydrogen-bond donors (Lipinski definition) is 1. The Hall–Kier alpha value is -5.12. The van der Waals surface area contributed by atoms with Crippen molar-refractivity contribution in [1.82, 2.24) is 14.1 Å². The first kappa shape index (κ1) is 23.6. The number of hydrogen-bond acceptors (Lipinski definition) is 7. The SMILES string of the molecule is Cn1ccnc1/N=N/c1ccc(N(c2ccc(N)cc2)c2ccc(/N=N/c3n(C)cc[n+]3C)cc2)cc1. The van der Waals surface area contributed by atoms with E-state index in [9.17, 15) is 0 Å². The highest BCUT2D eigenvalue weighted by Crippen LogP contribution is 2.36. The fourth-order valence-electron chi connectivity index (χ4n) is 3.79. The molecule has 3 aromatic carbocycles. The van der Waals surface area contributed by atoms with Crippen molar-refractivity contribution in [2.45, 2.75) is 0 Å². The van der Waals surface area contributed by atoms with Gasteiger partial charge in [0.25, 0.3) is 0 Å². The zero-order chi connectivity index (χ0) is 25.8. The van der Waals surface area contributed by atoms with E-state index in [-0.39, 0.29) is 0 Å². The van der Waals surface area contributed by atoms with Gasteiger partial charge in [-0.1, -0.05) is 5.11 Å². The minimum absolute atomic E-state index is 0.547. The Morgan fingerprint density at radius 3 is 1.73 bits per heavy atom. The second-order valence-electron chi connectivity index (χ2n) is 8.52. The molecule has 0 amide bonds. The quantitative estimate of drug-likeness (QED) is 0.160. The number of nitrogen functional groups attached to an aromatic ring is 1. The summed E-state index contributed by atoms with van der Waals surface area (Å²) >= 11 is 0. The molecule has 0 aliphatic heterocycles. The molecule has 10 nitrogen and oxygen atoms in total. The van der Waals surface area contributed by atoms with Crippen LogP contribution in [-0.2, 0) is 21.1 Å². The molecular weight excluding hydrogens is 464 g/mol. The van der Waals surface area contributed by atoms with Crippen LogP contribution >= 0.6 is 0 Å². The molecule has 0 fully saturated rings. The van der Waals surface area contributed by atoms with E-state index in [1.165, 1.54) is 0 Å². The van der Waals surface area contributed by atoms with Gasteiger partial charge in [-0.25, -0.2) is 14.1 Å². The van der Waals surface area contributed by atoms with Gasteiger partial charge >= 0.3 is 5.95 Å². The number of benzene rings is 3. The van der Waals surface area contributed by atoms with Gasteiger partial charge in [-0.05, 0) is 72.8 Å². The van der Waals surface area contributed by atoms with E-state index in [1.807, 2.05) is 126 Å². The van der Waals surface area contributed by atoms with Crippen LogP contribution in [0.2, 0.25) is 0 Å². The molecule has 0 aliphatic rings. The van der Waals surface area contributed by atoms with Gasteiger partial charge in [-0.15, -0.1) is 10.2 Å². The largest absolute Gasteiger partial charge is 0.421 e. The van der Waals surface area contributed by atoms with Crippen LogP contribution < -0.4 is 15.2 Å². The minimum Gasteiger partial charge on any atom is -0.399 e. The van der Waals surface area contributed by atoms with Crippen LogP contribution in [-0.4, -0.2) is 14.1 Å². The molecule has 0 atom stereocenters. The number of nitrogens with zero attached hydrogens (tertiary/aromatic N) is 9. The Morgan fingerprint density at radius 2 is 1.24 bits per heavy atom. The Balaban J connectivity index is 1.43. The van der Waals surface area contributed by atoms with E-state index >= 15 is 0 Å². The lowest BCUT2D eigenvalue weighted by Crippen LogP contribution is -2.25. The first-order valence-corrected chi connectivity index (χ1v) is 11.7. The van der Waals surface area contributed by atoms with Gasteiger partial charge in [0.15, 0.2) is 0 Å². The summed E-state index contributed by atoms with van der Waals surface area (Å²) < 4.78 is 5.64. The second-order valence-corrected chi connectivity index (χ2v) is 8.52. The molecule has 0 saturated heterocycles. The van der Waals surface area contributed by atoms with Crippen LogP contribution in [0.5, 0.6) is 0 Å². The topological polar surface area (TPSA) is 105 Å². The molecule has 0 bridgehead atoms. The molecule has 2 heterocycles. The van der Waals surface area contributed by atoms with Crippen molar-refractivity contribution in [3.63, 3.8) is 0 Å². The highest BCUT2D eigenvalue weighted by Gasteiger charge is 2.14. The molecule has 37 heavy (non-hydrogen) atoms. The van der Waals surface area contributed by atoms with E-state index in [0.717, 1.165) is 34.4 Å². The molecule has 0 aliphatic carbocycles. The Morgan fingerprint density at radius 1 is 0.703 bits per heavy atom. The normalized spacial score (nSPS) is 11.5. The number of azo groups is 2. The summed E-state index contributed by atoms with van der Waals surface area (Å²) in [5.74, 6) is 1.30. The smallest absolute Gasteiger partial charge is 0.399 e. The van der Waals surface area contributed by atoms with Crippen molar-refractivity contribution in [3.8, 4) is 0 Å². The Kier molecular flexibility index (Phi) is 6.54. The lowest BCUT2D eigenvalue weighted by molar-refractivity contribution is -0.657. The third kappa shape index (κ3) is 5.27. The zero-order valence-corrected chi connectivity index (χ0v) is 20.8. The van der Waals surface area contributed by atoms with E-state index in [2.05, 4.69) is 30.3 Å². The third-order valence-corrected chi connectivity index (χ3v) is 5.82. The summed E-state index contributed by atoms with van der Waals surface area (Å²) in [4.78, 5) is 6.31. The van der Waals surface area contributed by atoms with Crippen LogP contribution in [0.25, 0.3) is 0 Å². The fourth-order valence-corrected chi connectivity index (χ4v) is 3.79. The zero-order valence-electron chi connectivity index (χ0n) is 20.8. The summed E-state index contributed by atoms with van der Waals surface area (Å²) in [6.45, 7) is 0. The molecule has 10 heteroatoms. The number of anilines is 4. The van der Waals surface area contributed by atoms with Crippen LogP contribution in [0, 0.1) is 0 Å². The van der Waals surface area contributed by atoms with E-state index in [1.54, 1.807) is 6.20 Å². The maximum absolute atomic E-state index is 5.95. The molecule has 2 N–H and O–H groups in total. The number of imidazole rings is 2.